The van der Waals surface area contributed by atoms with E-state index < -0.39 is 11.7 Å². The number of benzene rings is 2. The van der Waals surface area contributed by atoms with Crippen molar-refractivity contribution in [2.45, 2.75) is 13.5 Å². The predicted molar refractivity (Wildman–Crippen MR) is 99.5 cm³/mol. The predicted octanol–water partition coefficient (Wildman–Crippen LogP) is 4.33. The number of aromatic nitrogens is 1. The highest BCUT2D eigenvalue weighted by Crippen LogP contribution is 2.26. The van der Waals surface area contributed by atoms with Crippen molar-refractivity contribution < 1.29 is 9.18 Å². The van der Waals surface area contributed by atoms with Crippen LogP contribution in [-0.4, -0.2) is 16.8 Å². The smallest absolute Gasteiger partial charge is 0.243 e. The van der Waals surface area contributed by atoms with Crippen molar-refractivity contribution in [3.63, 3.8) is 0 Å². The number of aryl methyl sites for hydroxylation is 1. The number of rotatable bonds is 4. The fraction of sp³-hybridized carbons (Fsp3) is 0.150. The van der Waals surface area contributed by atoms with E-state index in [2.05, 4.69) is 11.1 Å². The van der Waals surface area contributed by atoms with Crippen LogP contribution in [0.25, 0.3) is 10.9 Å². The molecule has 0 saturated carbocycles. The summed E-state index contributed by atoms with van der Waals surface area (Å²) in [5.74, 6) is -0.989. The van der Waals surface area contributed by atoms with Gasteiger partial charge in [0.2, 0.25) is 5.91 Å². The topological polar surface area (TPSA) is 57.0 Å². The molecule has 0 unspecified atom stereocenters. The highest BCUT2D eigenvalue weighted by Gasteiger charge is 2.23. The number of carbonyl (C=O) groups excluding carboxylic acids is 1. The van der Waals surface area contributed by atoms with Gasteiger partial charge >= 0.3 is 0 Å². The molecule has 0 spiro atoms. The van der Waals surface area contributed by atoms with Crippen molar-refractivity contribution in [3.8, 4) is 6.07 Å². The van der Waals surface area contributed by atoms with Crippen molar-refractivity contribution in [1.29, 1.82) is 5.26 Å². The summed E-state index contributed by atoms with van der Waals surface area (Å²) in [5.41, 5.74) is 1.94. The first kappa shape index (κ1) is 17.8. The van der Waals surface area contributed by atoms with E-state index in [1.54, 1.807) is 31.2 Å². The SMILES string of the molecule is Cc1cccc(F)c1CN(C(=O)CCl)c1nc2ccccc2cc1C#N. The van der Waals surface area contributed by atoms with Gasteiger partial charge in [-0.2, -0.15) is 5.26 Å². The van der Waals surface area contributed by atoms with Crippen LogP contribution in [0.15, 0.2) is 48.5 Å². The fourth-order valence-corrected chi connectivity index (χ4v) is 2.92. The second-order valence-electron chi connectivity index (χ2n) is 5.81. The molecule has 26 heavy (non-hydrogen) atoms. The summed E-state index contributed by atoms with van der Waals surface area (Å²) in [6, 6.07) is 15.7. The normalized spacial score (nSPS) is 10.5. The monoisotopic (exact) mass is 367 g/mol. The second kappa shape index (κ2) is 7.51. The van der Waals surface area contributed by atoms with Gasteiger partial charge in [0.05, 0.1) is 17.6 Å². The van der Waals surface area contributed by atoms with Crippen LogP contribution >= 0.6 is 11.6 Å². The highest BCUT2D eigenvalue weighted by atomic mass is 35.5. The molecular formula is C20H15ClFN3O. The molecule has 0 N–H and O–H groups in total. The number of amides is 1. The van der Waals surface area contributed by atoms with E-state index in [0.29, 0.717) is 16.6 Å². The van der Waals surface area contributed by atoms with Crippen LogP contribution in [0.3, 0.4) is 0 Å². The molecule has 2 aromatic carbocycles. The molecule has 0 atom stereocenters. The number of nitrogens with zero attached hydrogens (tertiary/aromatic N) is 3. The van der Waals surface area contributed by atoms with Crippen molar-refractivity contribution in [1.82, 2.24) is 4.98 Å². The third-order valence-corrected chi connectivity index (χ3v) is 4.39. The molecule has 1 heterocycles. The van der Waals surface area contributed by atoms with Gasteiger partial charge in [0.25, 0.3) is 0 Å². The number of hydrogen-bond acceptors (Lipinski definition) is 3. The van der Waals surface area contributed by atoms with Crippen molar-refractivity contribution in [2.75, 3.05) is 10.8 Å². The lowest BCUT2D eigenvalue weighted by Crippen LogP contribution is -2.33. The summed E-state index contributed by atoms with van der Waals surface area (Å²) < 4.78 is 14.3. The minimum Gasteiger partial charge on any atom is -0.290 e. The number of carbonyl (C=O) groups is 1. The lowest BCUT2D eigenvalue weighted by molar-refractivity contribution is -0.116. The maximum Gasteiger partial charge on any atom is 0.243 e. The first-order valence-corrected chi connectivity index (χ1v) is 8.48. The van der Waals surface area contributed by atoms with E-state index in [9.17, 15) is 14.4 Å². The number of nitriles is 1. The zero-order chi connectivity index (χ0) is 18.7. The Balaban J connectivity index is 2.16. The second-order valence-corrected chi connectivity index (χ2v) is 6.08. The summed E-state index contributed by atoms with van der Waals surface area (Å²) in [6.45, 7) is 1.71. The Morgan fingerprint density at radius 3 is 2.73 bits per heavy atom. The molecule has 4 nitrogen and oxygen atoms in total. The Morgan fingerprint density at radius 1 is 1.27 bits per heavy atom. The van der Waals surface area contributed by atoms with E-state index in [0.717, 1.165) is 5.39 Å². The average Bonchev–Trinajstić information content (AvgIpc) is 2.66. The Labute approximate surface area is 155 Å². The number of alkyl halides is 1. The fourth-order valence-electron chi connectivity index (χ4n) is 2.77. The van der Waals surface area contributed by atoms with Crippen molar-refractivity contribution in [2.24, 2.45) is 0 Å². The summed E-state index contributed by atoms with van der Waals surface area (Å²) in [4.78, 5) is 18.2. The number of hydrogen-bond donors (Lipinski definition) is 0. The Hall–Kier alpha value is -2.97. The van der Waals surface area contributed by atoms with Crippen LogP contribution in [0.4, 0.5) is 10.2 Å². The zero-order valence-electron chi connectivity index (χ0n) is 14.0. The molecule has 3 aromatic rings. The molecule has 1 aromatic heterocycles. The molecule has 0 bridgehead atoms. The summed E-state index contributed by atoms with van der Waals surface area (Å²) in [6.07, 6.45) is 0. The van der Waals surface area contributed by atoms with Gasteiger partial charge in [-0.3, -0.25) is 9.69 Å². The maximum absolute atomic E-state index is 14.3. The van der Waals surface area contributed by atoms with E-state index in [1.807, 2.05) is 18.2 Å². The zero-order valence-corrected chi connectivity index (χ0v) is 14.8. The minimum atomic E-state index is -0.450. The third kappa shape index (κ3) is 3.37. The quantitative estimate of drug-likeness (QED) is 0.645. The van der Waals surface area contributed by atoms with Crippen molar-refractivity contribution in [3.05, 3.63) is 71.0 Å². The van der Waals surface area contributed by atoms with Crippen LogP contribution < -0.4 is 4.90 Å². The standard InChI is InChI=1S/C20H15ClFN3O/c1-13-5-4-7-17(22)16(13)12-25(19(26)10-21)20-15(11-23)9-14-6-2-3-8-18(14)24-20/h2-9H,10,12H2,1H3. The summed E-state index contributed by atoms with van der Waals surface area (Å²) >= 11 is 5.76. The Bertz CT molecular complexity index is 1010. The van der Waals surface area contributed by atoms with Gasteiger partial charge in [-0.25, -0.2) is 9.37 Å². The van der Waals surface area contributed by atoms with Gasteiger partial charge < -0.3 is 0 Å². The Morgan fingerprint density at radius 2 is 2.04 bits per heavy atom. The van der Waals surface area contributed by atoms with Gasteiger partial charge in [-0.1, -0.05) is 30.3 Å². The molecular weight excluding hydrogens is 353 g/mol. The summed E-state index contributed by atoms with van der Waals surface area (Å²) in [5, 5.41) is 10.3. The van der Waals surface area contributed by atoms with Crippen LogP contribution in [0.5, 0.6) is 0 Å². The molecule has 3 rings (SSSR count). The van der Waals surface area contributed by atoms with Crippen LogP contribution in [0.2, 0.25) is 0 Å². The molecule has 130 valence electrons. The molecule has 0 aliphatic heterocycles. The number of fused-ring (bicyclic) bond motifs is 1. The molecule has 0 aliphatic rings. The number of anilines is 1. The van der Waals surface area contributed by atoms with Crippen LogP contribution in [-0.2, 0) is 11.3 Å². The van der Waals surface area contributed by atoms with Crippen molar-refractivity contribution >= 4 is 34.2 Å². The lowest BCUT2D eigenvalue weighted by Gasteiger charge is -2.23. The average molecular weight is 368 g/mol. The molecule has 6 heteroatoms. The van der Waals surface area contributed by atoms with Crippen LogP contribution in [0, 0.1) is 24.1 Å². The highest BCUT2D eigenvalue weighted by molar-refractivity contribution is 6.29. The number of halogens is 2. The van der Waals surface area contributed by atoms with E-state index in [4.69, 9.17) is 11.6 Å². The lowest BCUT2D eigenvalue weighted by atomic mass is 10.1. The maximum atomic E-state index is 14.3. The first-order valence-electron chi connectivity index (χ1n) is 7.95. The van der Waals surface area contributed by atoms with Gasteiger partial charge in [0, 0.05) is 10.9 Å². The molecule has 0 fully saturated rings. The molecule has 0 saturated heterocycles. The van der Waals surface area contributed by atoms with Gasteiger partial charge in [-0.05, 0) is 30.7 Å². The third-order valence-electron chi connectivity index (χ3n) is 4.16. The largest absolute Gasteiger partial charge is 0.290 e. The van der Waals surface area contributed by atoms with Gasteiger partial charge in [0.1, 0.15) is 17.8 Å². The molecule has 0 aliphatic carbocycles. The van der Waals surface area contributed by atoms with Gasteiger partial charge in [-0.15, -0.1) is 11.6 Å². The summed E-state index contributed by atoms with van der Waals surface area (Å²) in [7, 11) is 0. The van der Waals surface area contributed by atoms with E-state index >= 15 is 0 Å². The van der Waals surface area contributed by atoms with E-state index in [-0.39, 0.29) is 23.8 Å². The van der Waals surface area contributed by atoms with E-state index in [1.165, 1.54) is 11.0 Å². The van der Waals surface area contributed by atoms with Crippen LogP contribution in [0.1, 0.15) is 16.7 Å². The number of para-hydroxylation sites is 1. The minimum absolute atomic E-state index is 0.0515. The Kier molecular flexibility index (Phi) is 5.15. The number of pyridine rings is 1. The first-order chi connectivity index (χ1) is 12.5. The van der Waals surface area contributed by atoms with Gasteiger partial charge in [0.15, 0.2) is 5.82 Å². The molecule has 0 radical (unpaired) electrons. The molecule has 1 amide bonds.